The van der Waals surface area contributed by atoms with Crippen molar-refractivity contribution in [3.63, 3.8) is 0 Å². The van der Waals surface area contributed by atoms with Crippen molar-refractivity contribution in [1.29, 1.82) is 0 Å². The van der Waals surface area contributed by atoms with Gasteiger partial charge in [0.15, 0.2) is 0 Å². The average molecular weight is 239 g/mol. The van der Waals surface area contributed by atoms with E-state index in [0.29, 0.717) is 0 Å². The SMILES string of the molecule is Cc1cc(C)c(-c2ccccc2)c(C)c1O[B]O. The Labute approximate surface area is 109 Å². The second-order valence-corrected chi connectivity index (χ2v) is 4.43. The van der Waals surface area contributed by atoms with Gasteiger partial charge in [0.25, 0.3) is 0 Å². The molecule has 0 aliphatic heterocycles. The normalized spacial score (nSPS) is 10.2. The van der Waals surface area contributed by atoms with Crippen molar-refractivity contribution in [1.82, 2.24) is 0 Å². The minimum atomic E-state index is 0.724. The molecular weight excluding hydrogens is 223 g/mol. The van der Waals surface area contributed by atoms with Crippen molar-refractivity contribution >= 4 is 7.69 Å². The number of hydrogen-bond donors (Lipinski definition) is 1. The molecule has 1 radical (unpaired) electrons. The van der Waals surface area contributed by atoms with Crippen LogP contribution in [-0.4, -0.2) is 12.7 Å². The van der Waals surface area contributed by atoms with Crippen LogP contribution in [-0.2, 0) is 0 Å². The van der Waals surface area contributed by atoms with Crippen LogP contribution < -0.4 is 4.65 Å². The van der Waals surface area contributed by atoms with E-state index >= 15 is 0 Å². The summed E-state index contributed by atoms with van der Waals surface area (Å²) < 4.78 is 5.22. The first kappa shape index (κ1) is 12.7. The maximum absolute atomic E-state index is 8.85. The Hall–Kier alpha value is -1.74. The van der Waals surface area contributed by atoms with Crippen molar-refractivity contribution in [2.45, 2.75) is 20.8 Å². The Morgan fingerprint density at radius 2 is 1.67 bits per heavy atom. The van der Waals surface area contributed by atoms with Gasteiger partial charge < -0.3 is 9.68 Å². The Bertz CT molecular complexity index is 550. The third kappa shape index (κ3) is 2.27. The first-order valence-electron chi connectivity index (χ1n) is 5.94. The van der Waals surface area contributed by atoms with Gasteiger partial charge in [-0.2, -0.15) is 0 Å². The minimum Gasteiger partial charge on any atom is -0.537 e. The summed E-state index contributed by atoms with van der Waals surface area (Å²) in [6.45, 7) is 6.09. The van der Waals surface area contributed by atoms with Crippen LogP contribution in [0.4, 0.5) is 0 Å². The molecule has 0 amide bonds. The van der Waals surface area contributed by atoms with E-state index in [1.807, 2.05) is 32.0 Å². The molecular formula is C15H16BO2. The third-order valence-corrected chi connectivity index (χ3v) is 3.13. The Morgan fingerprint density at radius 3 is 2.28 bits per heavy atom. The molecule has 0 saturated heterocycles. The second-order valence-electron chi connectivity index (χ2n) is 4.43. The Kier molecular flexibility index (Phi) is 3.73. The summed E-state index contributed by atoms with van der Waals surface area (Å²) in [5.41, 5.74) is 5.61. The van der Waals surface area contributed by atoms with Crippen LogP contribution in [0.5, 0.6) is 5.75 Å². The lowest BCUT2D eigenvalue weighted by Crippen LogP contribution is -2.05. The van der Waals surface area contributed by atoms with Gasteiger partial charge in [0.05, 0.1) is 0 Å². The van der Waals surface area contributed by atoms with Gasteiger partial charge in [-0.1, -0.05) is 36.4 Å². The smallest absolute Gasteiger partial charge is 0.537 e. The summed E-state index contributed by atoms with van der Waals surface area (Å²) in [6, 6.07) is 12.3. The molecule has 0 bridgehead atoms. The molecule has 2 aromatic carbocycles. The fourth-order valence-corrected chi connectivity index (χ4v) is 2.45. The highest BCUT2D eigenvalue weighted by Crippen LogP contribution is 2.35. The zero-order chi connectivity index (χ0) is 13.1. The van der Waals surface area contributed by atoms with Gasteiger partial charge >= 0.3 is 7.69 Å². The van der Waals surface area contributed by atoms with Crippen molar-refractivity contribution < 1.29 is 9.68 Å². The van der Waals surface area contributed by atoms with E-state index in [1.165, 1.54) is 5.56 Å². The summed E-state index contributed by atoms with van der Waals surface area (Å²) in [7, 11) is 0.736. The highest BCUT2D eigenvalue weighted by atomic mass is 16.5. The predicted octanol–water partition coefficient (Wildman–Crippen LogP) is 3.18. The molecule has 3 heteroatoms. The van der Waals surface area contributed by atoms with Crippen LogP contribution >= 0.6 is 0 Å². The van der Waals surface area contributed by atoms with Gasteiger partial charge in [-0.25, -0.2) is 0 Å². The summed E-state index contributed by atoms with van der Waals surface area (Å²) in [5, 5.41) is 8.85. The maximum atomic E-state index is 8.85. The van der Waals surface area contributed by atoms with E-state index in [4.69, 9.17) is 9.68 Å². The van der Waals surface area contributed by atoms with E-state index in [9.17, 15) is 0 Å². The molecule has 0 atom stereocenters. The number of hydrogen-bond acceptors (Lipinski definition) is 2. The van der Waals surface area contributed by atoms with Crippen LogP contribution in [0.2, 0.25) is 0 Å². The van der Waals surface area contributed by atoms with E-state index in [1.54, 1.807) is 0 Å². The van der Waals surface area contributed by atoms with Gasteiger partial charge in [-0.05, 0) is 48.6 Å². The van der Waals surface area contributed by atoms with E-state index in [2.05, 4.69) is 25.1 Å². The van der Waals surface area contributed by atoms with Crippen LogP contribution in [0.25, 0.3) is 11.1 Å². The molecule has 0 fully saturated rings. The second kappa shape index (κ2) is 5.28. The third-order valence-electron chi connectivity index (χ3n) is 3.13. The van der Waals surface area contributed by atoms with Crippen molar-refractivity contribution in [3.8, 4) is 16.9 Å². The average Bonchev–Trinajstić information content (AvgIpc) is 2.35. The van der Waals surface area contributed by atoms with Crippen LogP contribution in [0.1, 0.15) is 16.7 Å². The molecule has 0 saturated carbocycles. The highest BCUT2D eigenvalue weighted by molar-refractivity contribution is 6.17. The zero-order valence-electron chi connectivity index (χ0n) is 10.9. The number of aryl methyl sites for hydroxylation is 2. The van der Waals surface area contributed by atoms with Gasteiger partial charge in [0.2, 0.25) is 0 Å². The lowest BCUT2D eigenvalue weighted by molar-refractivity contribution is 0.450. The summed E-state index contributed by atoms with van der Waals surface area (Å²) in [4.78, 5) is 0. The molecule has 0 unspecified atom stereocenters. The van der Waals surface area contributed by atoms with Crippen LogP contribution in [0.15, 0.2) is 36.4 Å². The van der Waals surface area contributed by atoms with Gasteiger partial charge in [0, 0.05) is 0 Å². The molecule has 91 valence electrons. The molecule has 2 aromatic rings. The van der Waals surface area contributed by atoms with Gasteiger partial charge in [-0.15, -0.1) is 0 Å². The largest absolute Gasteiger partial charge is 0.569 e. The Balaban J connectivity index is 2.64. The quantitative estimate of drug-likeness (QED) is 0.833. The number of benzene rings is 2. The lowest BCUT2D eigenvalue weighted by atomic mass is 9.92. The molecule has 2 rings (SSSR count). The van der Waals surface area contributed by atoms with E-state index in [-0.39, 0.29) is 0 Å². The first-order valence-corrected chi connectivity index (χ1v) is 5.94. The fraction of sp³-hybridized carbons (Fsp3) is 0.200. The summed E-state index contributed by atoms with van der Waals surface area (Å²) in [5.74, 6) is 0.724. The molecule has 0 aromatic heterocycles. The molecule has 0 aliphatic rings. The molecule has 1 N–H and O–H groups in total. The van der Waals surface area contributed by atoms with Crippen molar-refractivity contribution in [2.75, 3.05) is 0 Å². The first-order chi connectivity index (χ1) is 8.65. The lowest BCUT2D eigenvalue weighted by Gasteiger charge is -2.17. The molecule has 2 nitrogen and oxygen atoms in total. The van der Waals surface area contributed by atoms with Gasteiger partial charge in [0.1, 0.15) is 5.75 Å². The van der Waals surface area contributed by atoms with Crippen LogP contribution in [0.3, 0.4) is 0 Å². The summed E-state index contributed by atoms with van der Waals surface area (Å²) >= 11 is 0. The molecule has 0 heterocycles. The van der Waals surface area contributed by atoms with Crippen LogP contribution in [0, 0.1) is 20.8 Å². The maximum Gasteiger partial charge on any atom is 0.569 e. The van der Waals surface area contributed by atoms with E-state index < -0.39 is 0 Å². The summed E-state index contributed by atoms with van der Waals surface area (Å²) in [6.07, 6.45) is 0. The topological polar surface area (TPSA) is 29.5 Å². The minimum absolute atomic E-state index is 0.724. The number of rotatable bonds is 3. The van der Waals surface area contributed by atoms with E-state index in [0.717, 1.165) is 35.7 Å². The standard InChI is InChI=1S/C15H16BO2/c1-10-9-11(2)15(18-16-17)12(3)14(10)13-7-5-4-6-8-13/h4-9,17H,1-3H3. The van der Waals surface area contributed by atoms with Gasteiger partial charge in [-0.3, -0.25) is 0 Å². The zero-order valence-corrected chi connectivity index (χ0v) is 10.9. The molecule has 0 spiro atoms. The predicted molar refractivity (Wildman–Crippen MR) is 74.7 cm³/mol. The molecule has 0 aliphatic carbocycles. The monoisotopic (exact) mass is 239 g/mol. The molecule has 18 heavy (non-hydrogen) atoms. The Morgan fingerprint density at radius 1 is 1.00 bits per heavy atom. The van der Waals surface area contributed by atoms with Crippen molar-refractivity contribution in [2.24, 2.45) is 0 Å². The van der Waals surface area contributed by atoms with Crippen molar-refractivity contribution in [3.05, 3.63) is 53.1 Å². The fourth-order valence-electron chi connectivity index (χ4n) is 2.45. The highest BCUT2D eigenvalue weighted by Gasteiger charge is 2.13.